The molecule has 0 aromatic carbocycles. The first-order valence-corrected chi connectivity index (χ1v) is 6.51. The van der Waals surface area contributed by atoms with Gasteiger partial charge in [0.1, 0.15) is 0 Å². The molecule has 0 radical (unpaired) electrons. The van der Waals surface area contributed by atoms with Crippen LogP contribution in [-0.4, -0.2) is 18.4 Å². The summed E-state index contributed by atoms with van der Waals surface area (Å²) in [5.41, 5.74) is 0. The highest BCUT2D eigenvalue weighted by Gasteiger charge is 2.30. The molecule has 0 amide bonds. The molecule has 3 nitrogen and oxygen atoms in total. The molecule has 0 bridgehead atoms. The Labute approximate surface area is 97.5 Å². The number of hydrogen-bond donors (Lipinski definition) is 0. The van der Waals surface area contributed by atoms with Crippen molar-refractivity contribution in [3.8, 4) is 0 Å². The number of ether oxygens (including phenoxy) is 2. The van der Waals surface area contributed by atoms with Crippen LogP contribution >= 0.6 is 0 Å². The van der Waals surface area contributed by atoms with E-state index in [1.165, 1.54) is 0 Å². The van der Waals surface area contributed by atoms with Gasteiger partial charge in [-0.1, -0.05) is 6.92 Å². The van der Waals surface area contributed by atoms with Crippen molar-refractivity contribution in [2.24, 2.45) is 11.8 Å². The summed E-state index contributed by atoms with van der Waals surface area (Å²) in [5, 5.41) is 0. The predicted octanol–water partition coefficient (Wildman–Crippen LogP) is 2.88. The van der Waals surface area contributed by atoms with Crippen molar-refractivity contribution in [3.05, 3.63) is 0 Å². The van der Waals surface area contributed by atoms with Crippen LogP contribution in [0.3, 0.4) is 0 Å². The van der Waals surface area contributed by atoms with Gasteiger partial charge < -0.3 is 9.47 Å². The van der Waals surface area contributed by atoms with E-state index in [0.717, 1.165) is 44.4 Å². The van der Waals surface area contributed by atoms with Gasteiger partial charge in [-0.25, -0.2) is 0 Å². The fourth-order valence-electron chi connectivity index (χ4n) is 2.57. The Morgan fingerprint density at radius 1 is 1.06 bits per heavy atom. The summed E-state index contributed by atoms with van der Waals surface area (Å²) in [6.45, 7) is 4.28. The maximum absolute atomic E-state index is 11.9. The van der Waals surface area contributed by atoms with Gasteiger partial charge in [-0.05, 0) is 44.9 Å². The van der Waals surface area contributed by atoms with E-state index in [2.05, 4.69) is 6.92 Å². The lowest BCUT2D eigenvalue weighted by molar-refractivity contribution is -0.180. The van der Waals surface area contributed by atoms with Gasteiger partial charge >= 0.3 is 5.97 Å². The zero-order valence-electron chi connectivity index (χ0n) is 10.3. The molecule has 2 rings (SSSR count). The van der Waals surface area contributed by atoms with Crippen LogP contribution in [-0.2, 0) is 14.3 Å². The Morgan fingerprint density at radius 3 is 2.31 bits per heavy atom. The molecule has 1 saturated heterocycles. The molecule has 1 aliphatic heterocycles. The lowest BCUT2D eigenvalue weighted by atomic mass is 9.83. The molecular formula is C13H22O3. The molecule has 3 heteroatoms. The molecule has 0 aromatic heterocycles. The smallest absolute Gasteiger partial charge is 0.311 e. The van der Waals surface area contributed by atoms with Crippen LogP contribution in [0.1, 0.15) is 52.4 Å². The molecule has 16 heavy (non-hydrogen) atoms. The fourth-order valence-corrected chi connectivity index (χ4v) is 2.57. The maximum Gasteiger partial charge on any atom is 0.311 e. The van der Waals surface area contributed by atoms with Crippen molar-refractivity contribution < 1.29 is 14.3 Å². The summed E-state index contributed by atoms with van der Waals surface area (Å²) < 4.78 is 10.9. The molecule has 1 saturated carbocycles. The Hall–Kier alpha value is -0.570. The molecule has 2 unspecified atom stereocenters. The van der Waals surface area contributed by atoms with E-state index in [9.17, 15) is 4.79 Å². The average molecular weight is 226 g/mol. The second kappa shape index (κ2) is 5.17. The zero-order chi connectivity index (χ0) is 11.5. The minimum atomic E-state index is -0.276. The lowest BCUT2D eigenvalue weighted by Gasteiger charge is -2.25. The van der Waals surface area contributed by atoms with Crippen LogP contribution < -0.4 is 0 Å². The minimum absolute atomic E-state index is 0.0361. The fraction of sp³-hybridized carbons (Fsp3) is 0.923. The van der Waals surface area contributed by atoms with Gasteiger partial charge in [0.25, 0.3) is 0 Å². The van der Waals surface area contributed by atoms with Gasteiger partial charge in [0.05, 0.1) is 12.0 Å². The molecule has 2 aliphatic rings. The van der Waals surface area contributed by atoms with E-state index in [1.807, 2.05) is 6.92 Å². The third-order valence-electron chi connectivity index (χ3n) is 3.79. The van der Waals surface area contributed by atoms with Gasteiger partial charge in [0.2, 0.25) is 6.29 Å². The van der Waals surface area contributed by atoms with E-state index < -0.39 is 0 Å². The first kappa shape index (κ1) is 11.9. The van der Waals surface area contributed by atoms with Crippen molar-refractivity contribution in [2.45, 2.75) is 64.8 Å². The molecule has 1 aliphatic carbocycles. The summed E-state index contributed by atoms with van der Waals surface area (Å²) in [4.78, 5) is 11.9. The van der Waals surface area contributed by atoms with E-state index in [1.54, 1.807) is 0 Å². The van der Waals surface area contributed by atoms with Gasteiger partial charge in [-0.2, -0.15) is 0 Å². The van der Waals surface area contributed by atoms with E-state index in [-0.39, 0.29) is 24.3 Å². The summed E-state index contributed by atoms with van der Waals surface area (Å²) >= 11 is 0. The SMILES string of the molecule is CC1CCC(C(=O)OC2CCC(C)O2)CC1. The molecule has 0 aromatic rings. The van der Waals surface area contributed by atoms with Crippen LogP contribution in [0.5, 0.6) is 0 Å². The van der Waals surface area contributed by atoms with Crippen molar-refractivity contribution in [1.29, 1.82) is 0 Å². The molecule has 2 fully saturated rings. The molecule has 0 spiro atoms. The summed E-state index contributed by atoms with van der Waals surface area (Å²) in [6, 6.07) is 0. The standard InChI is InChI=1S/C13H22O3/c1-9-3-6-11(7-4-9)13(14)16-12-8-5-10(2)15-12/h9-12H,3-8H2,1-2H3. The topological polar surface area (TPSA) is 35.5 Å². The van der Waals surface area contributed by atoms with Crippen molar-refractivity contribution in [2.75, 3.05) is 0 Å². The molecule has 2 atom stereocenters. The summed E-state index contributed by atoms with van der Waals surface area (Å²) in [6.07, 6.45) is 6.11. The predicted molar refractivity (Wildman–Crippen MR) is 60.8 cm³/mol. The molecule has 92 valence electrons. The number of carbonyl (C=O) groups is 1. The van der Waals surface area contributed by atoms with Gasteiger partial charge in [0.15, 0.2) is 0 Å². The van der Waals surface area contributed by atoms with Crippen molar-refractivity contribution >= 4 is 5.97 Å². The third-order valence-corrected chi connectivity index (χ3v) is 3.79. The number of carbonyl (C=O) groups excluding carboxylic acids is 1. The van der Waals surface area contributed by atoms with E-state index in [4.69, 9.17) is 9.47 Å². The van der Waals surface area contributed by atoms with Gasteiger partial charge in [-0.15, -0.1) is 0 Å². The lowest BCUT2D eigenvalue weighted by Crippen LogP contribution is -2.27. The van der Waals surface area contributed by atoms with E-state index >= 15 is 0 Å². The van der Waals surface area contributed by atoms with Crippen molar-refractivity contribution in [3.63, 3.8) is 0 Å². The Bertz CT molecular complexity index is 244. The Morgan fingerprint density at radius 2 is 1.75 bits per heavy atom. The monoisotopic (exact) mass is 226 g/mol. The van der Waals surface area contributed by atoms with Crippen LogP contribution in [0.25, 0.3) is 0 Å². The first-order valence-electron chi connectivity index (χ1n) is 6.51. The molecular weight excluding hydrogens is 204 g/mol. The Balaban J connectivity index is 1.75. The van der Waals surface area contributed by atoms with E-state index in [0.29, 0.717) is 0 Å². The first-order chi connectivity index (χ1) is 7.65. The number of esters is 1. The normalized spacial score (nSPS) is 39.6. The van der Waals surface area contributed by atoms with Crippen LogP contribution in [0.4, 0.5) is 0 Å². The van der Waals surface area contributed by atoms with Crippen LogP contribution in [0, 0.1) is 11.8 Å². The molecule has 0 N–H and O–H groups in total. The van der Waals surface area contributed by atoms with Crippen LogP contribution in [0.2, 0.25) is 0 Å². The van der Waals surface area contributed by atoms with Crippen LogP contribution in [0.15, 0.2) is 0 Å². The minimum Gasteiger partial charge on any atom is -0.436 e. The largest absolute Gasteiger partial charge is 0.436 e. The summed E-state index contributed by atoms with van der Waals surface area (Å²) in [5.74, 6) is 0.855. The highest BCUT2D eigenvalue weighted by Crippen LogP contribution is 2.30. The zero-order valence-corrected chi connectivity index (χ0v) is 10.3. The third kappa shape index (κ3) is 2.97. The Kier molecular flexibility index (Phi) is 3.85. The number of hydrogen-bond acceptors (Lipinski definition) is 3. The highest BCUT2D eigenvalue weighted by molar-refractivity contribution is 5.72. The average Bonchev–Trinajstić information content (AvgIpc) is 2.65. The van der Waals surface area contributed by atoms with Gasteiger partial charge in [-0.3, -0.25) is 4.79 Å². The summed E-state index contributed by atoms with van der Waals surface area (Å²) in [7, 11) is 0. The second-order valence-electron chi connectivity index (χ2n) is 5.35. The van der Waals surface area contributed by atoms with Gasteiger partial charge in [0, 0.05) is 6.42 Å². The highest BCUT2D eigenvalue weighted by atomic mass is 16.7. The second-order valence-corrected chi connectivity index (χ2v) is 5.35. The molecule has 1 heterocycles. The quantitative estimate of drug-likeness (QED) is 0.679. The van der Waals surface area contributed by atoms with Crippen molar-refractivity contribution in [1.82, 2.24) is 0 Å². The number of rotatable bonds is 2. The maximum atomic E-state index is 11.9.